The van der Waals surface area contributed by atoms with Crippen LogP contribution in [-0.2, 0) is 25.7 Å². The third kappa shape index (κ3) is 3.49. The monoisotopic (exact) mass is 330 g/mol. The SMILES string of the molecule is C#C[C@@]1(C)[C@@H](C(=O)NCC(=O)OC)N1C(=O)OCc1ccccc1. The maximum absolute atomic E-state index is 12.2. The molecule has 1 N–H and O–H groups in total. The molecule has 24 heavy (non-hydrogen) atoms. The molecule has 0 spiro atoms. The van der Waals surface area contributed by atoms with Crippen LogP contribution in [0, 0.1) is 12.3 Å². The predicted molar refractivity (Wildman–Crippen MR) is 84.5 cm³/mol. The van der Waals surface area contributed by atoms with Gasteiger partial charge >= 0.3 is 12.1 Å². The molecule has 1 fully saturated rings. The number of benzene rings is 1. The molecule has 1 aliphatic rings. The normalized spacial score (nSPS) is 21.4. The van der Waals surface area contributed by atoms with E-state index in [1.54, 1.807) is 6.92 Å². The molecule has 0 unspecified atom stereocenters. The Balaban J connectivity index is 1.95. The molecule has 0 saturated carbocycles. The number of terminal acetylenes is 1. The van der Waals surface area contributed by atoms with Crippen molar-refractivity contribution >= 4 is 18.0 Å². The summed E-state index contributed by atoms with van der Waals surface area (Å²) in [5, 5.41) is 2.38. The molecule has 1 aromatic rings. The van der Waals surface area contributed by atoms with E-state index in [1.165, 1.54) is 12.0 Å². The first-order valence-electron chi connectivity index (χ1n) is 7.26. The van der Waals surface area contributed by atoms with Crippen molar-refractivity contribution in [3.05, 3.63) is 35.9 Å². The summed E-state index contributed by atoms with van der Waals surface area (Å²) in [5.41, 5.74) is -0.254. The fourth-order valence-electron chi connectivity index (χ4n) is 2.32. The minimum Gasteiger partial charge on any atom is -0.468 e. The second-order valence-electron chi connectivity index (χ2n) is 5.40. The average molecular weight is 330 g/mol. The fourth-order valence-corrected chi connectivity index (χ4v) is 2.32. The maximum Gasteiger partial charge on any atom is 0.412 e. The number of methoxy groups -OCH3 is 1. The minimum atomic E-state index is -1.08. The first-order chi connectivity index (χ1) is 11.4. The lowest BCUT2D eigenvalue weighted by Gasteiger charge is -2.08. The van der Waals surface area contributed by atoms with Crippen LogP contribution in [-0.4, -0.2) is 48.1 Å². The van der Waals surface area contributed by atoms with Crippen LogP contribution in [0.3, 0.4) is 0 Å². The summed E-state index contributed by atoms with van der Waals surface area (Å²) < 4.78 is 9.64. The summed E-state index contributed by atoms with van der Waals surface area (Å²) in [6.45, 7) is 1.37. The van der Waals surface area contributed by atoms with E-state index in [-0.39, 0.29) is 13.2 Å². The van der Waals surface area contributed by atoms with Crippen LogP contribution < -0.4 is 5.32 Å². The van der Waals surface area contributed by atoms with E-state index in [0.717, 1.165) is 5.56 Å². The zero-order valence-electron chi connectivity index (χ0n) is 13.4. The van der Waals surface area contributed by atoms with Crippen molar-refractivity contribution < 1.29 is 23.9 Å². The van der Waals surface area contributed by atoms with Crippen LogP contribution in [0.1, 0.15) is 12.5 Å². The lowest BCUT2D eigenvalue weighted by molar-refractivity contribution is -0.141. The van der Waals surface area contributed by atoms with Crippen molar-refractivity contribution in [1.29, 1.82) is 0 Å². The fraction of sp³-hybridized carbons (Fsp3) is 0.353. The van der Waals surface area contributed by atoms with Crippen molar-refractivity contribution in [2.24, 2.45) is 0 Å². The number of nitrogens with zero attached hydrogens (tertiary/aromatic N) is 1. The standard InChI is InChI=1S/C17H18N2O5/c1-4-17(2)14(15(21)18-10-13(20)23-3)19(17)16(22)24-11-12-8-6-5-7-9-12/h1,5-9,14H,10-11H2,2-3H3,(H,18,21)/t14-,17+,19?/m1/s1. The van der Waals surface area contributed by atoms with Gasteiger partial charge in [0.05, 0.1) is 7.11 Å². The van der Waals surface area contributed by atoms with E-state index < -0.39 is 29.6 Å². The highest BCUT2D eigenvalue weighted by Gasteiger charge is 2.66. The van der Waals surface area contributed by atoms with Crippen LogP contribution in [0.5, 0.6) is 0 Å². The highest BCUT2D eigenvalue weighted by molar-refractivity contribution is 5.96. The molecule has 2 atom stereocenters. The summed E-state index contributed by atoms with van der Waals surface area (Å²) in [5.74, 6) is 1.30. The van der Waals surface area contributed by atoms with Gasteiger partial charge in [-0.25, -0.2) is 4.79 Å². The topological polar surface area (TPSA) is 84.7 Å². The number of ether oxygens (including phenoxy) is 2. The van der Waals surface area contributed by atoms with Crippen LogP contribution in [0.2, 0.25) is 0 Å². The zero-order chi connectivity index (χ0) is 17.7. The van der Waals surface area contributed by atoms with Gasteiger partial charge < -0.3 is 14.8 Å². The Morgan fingerprint density at radius 3 is 2.58 bits per heavy atom. The molecule has 0 aromatic heterocycles. The Hall–Kier alpha value is -3.01. The quantitative estimate of drug-likeness (QED) is 0.488. The molecule has 126 valence electrons. The number of carbonyl (C=O) groups is 3. The largest absolute Gasteiger partial charge is 0.468 e. The van der Waals surface area contributed by atoms with E-state index in [1.807, 2.05) is 30.3 Å². The number of rotatable bonds is 5. The Kier molecular flexibility index (Phi) is 5.09. The van der Waals surface area contributed by atoms with E-state index in [4.69, 9.17) is 11.2 Å². The molecule has 1 aromatic carbocycles. The van der Waals surface area contributed by atoms with Gasteiger partial charge in [0.2, 0.25) is 5.91 Å². The summed E-state index contributed by atoms with van der Waals surface area (Å²) in [7, 11) is 1.21. The summed E-state index contributed by atoms with van der Waals surface area (Å²) >= 11 is 0. The molecule has 1 saturated heterocycles. The number of esters is 1. The number of nitrogens with one attached hydrogen (secondary N) is 1. The highest BCUT2D eigenvalue weighted by Crippen LogP contribution is 2.41. The number of carbonyl (C=O) groups excluding carboxylic acids is 3. The van der Waals surface area contributed by atoms with E-state index in [9.17, 15) is 14.4 Å². The molecular weight excluding hydrogens is 312 g/mol. The number of hydrogen-bond acceptors (Lipinski definition) is 5. The van der Waals surface area contributed by atoms with Crippen LogP contribution >= 0.6 is 0 Å². The molecule has 0 radical (unpaired) electrons. The van der Waals surface area contributed by atoms with Crippen molar-refractivity contribution in [2.45, 2.75) is 25.1 Å². The van der Waals surface area contributed by atoms with E-state index >= 15 is 0 Å². The molecule has 2 rings (SSSR count). The van der Waals surface area contributed by atoms with Gasteiger partial charge in [0.1, 0.15) is 24.7 Å². The van der Waals surface area contributed by atoms with Gasteiger partial charge in [0, 0.05) is 0 Å². The van der Waals surface area contributed by atoms with Gasteiger partial charge in [-0.2, -0.15) is 0 Å². The molecular formula is C17H18N2O5. The smallest absolute Gasteiger partial charge is 0.412 e. The summed E-state index contributed by atoms with van der Waals surface area (Å²) in [4.78, 5) is 36.6. The Labute approximate surface area is 139 Å². The summed E-state index contributed by atoms with van der Waals surface area (Å²) in [6, 6.07) is 8.26. The first-order valence-corrected chi connectivity index (χ1v) is 7.26. The number of amides is 2. The third-order valence-corrected chi connectivity index (χ3v) is 3.80. The third-order valence-electron chi connectivity index (χ3n) is 3.80. The Bertz CT molecular complexity index is 682. The lowest BCUT2D eigenvalue weighted by Crippen LogP contribution is -2.36. The van der Waals surface area contributed by atoms with Crippen LogP contribution in [0.4, 0.5) is 4.79 Å². The maximum atomic E-state index is 12.2. The minimum absolute atomic E-state index is 0.0767. The second-order valence-corrected chi connectivity index (χ2v) is 5.40. The molecule has 0 bridgehead atoms. The van der Waals surface area contributed by atoms with Gasteiger partial charge in [-0.3, -0.25) is 14.5 Å². The molecule has 7 heteroatoms. The van der Waals surface area contributed by atoms with Gasteiger partial charge in [0.25, 0.3) is 0 Å². The van der Waals surface area contributed by atoms with Crippen molar-refractivity contribution in [2.75, 3.05) is 13.7 Å². The van der Waals surface area contributed by atoms with Gasteiger partial charge in [0.15, 0.2) is 0 Å². The Morgan fingerprint density at radius 2 is 2.00 bits per heavy atom. The molecule has 1 heterocycles. The first kappa shape index (κ1) is 17.3. The molecule has 7 nitrogen and oxygen atoms in total. The van der Waals surface area contributed by atoms with Crippen LogP contribution in [0.15, 0.2) is 30.3 Å². The highest BCUT2D eigenvalue weighted by atomic mass is 16.6. The van der Waals surface area contributed by atoms with Gasteiger partial charge in [-0.15, -0.1) is 6.42 Å². The van der Waals surface area contributed by atoms with Crippen LogP contribution in [0.25, 0.3) is 0 Å². The van der Waals surface area contributed by atoms with E-state index in [0.29, 0.717) is 0 Å². The molecule has 2 amide bonds. The van der Waals surface area contributed by atoms with Crippen molar-refractivity contribution in [1.82, 2.24) is 10.2 Å². The average Bonchev–Trinajstić information content (AvgIpc) is 3.24. The Morgan fingerprint density at radius 1 is 1.33 bits per heavy atom. The summed E-state index contributed by atoms with van der Waals surface area (Å²) in [6.07, 6.45) is 4.76. The molecule has 0 aliphatic carbocycles. The number of hydrogen-bond donors (Lipinski definition) is 1. The predicted octanol–water partition coefficient (Wildman–Crippen LogP) is 0.689. The van der Waals surface area contributed by atoms with E-state index in [2.05, 4.69) is 16.0 Å². The molecule has 1 aliphatic heterocycles. The lowest BCUT2D eigenvalue weighted by atomic mass is 10.1. The second kappa shape index (κ2) is 7.04. The van der Waals surface area contributed by atoms with Gasteiger partial charge in [-0.1, -0.05) is 36.3 Å². The van der Waals surface area contributed by atoms with Crippen molar-refractivity contribution in [3.63, 3.8) is 0 Å². The van der Waals surface area contributed by atoms with Crippen molar-refractivity contribution in [3.8, 4) is 12.3 Å². The van der Waals surface area contributed by atoms with Gasteiger partial charge in [-0.05, 0) is 12.5 Å². The zero-order valence-corrected chi connectivity index (χ0v) is 13.4.